The van der Waals surface area contributed by atoms with Crippen molar-refractivity contribution in [3.05, 3.63) is 71.5 Å². The van der Waals surface area contributed by atoms with Gasteiger partial charge in [0.25, 0.3) is 11.5 Å². The van der Waals surface area contributed by atoms with Crippen LogP contribution < -0.4 is 14.8 Å². The summed E-state index contributed by atoms with van der Waals surface area (Å²) in [6.07, 6.45) is 1.77. The van der Waals surface area contributed by atoms with E-state index >= 15 is 0 Å². The Balaban J connectivity index is 2.00. The number of carbonyl (C=O) groups excluding carboxylic acids is 1. The highest BCUT2D eigenvalue weighted by atomic mass is 32.1. The molecule has 0 aliphatic carbocycles. The van der Waals surface area contributed by atoms with E-state index in [2.05, 4.69) is 0 Å². The van der Waals surface area contributed by atoms with Gasteiger partial charge in [-0.25, -0.2) is 4.39 Å². The second-order valence-corrected chi connectivity index (χ2v) is 8.87. The molecule has 1 saturated heterocycles. The first kappa shape index (κ1) is 21.2. The van der Waals surface area contributed by atoms with Gasteiger partial charge in [0.15, 0.2) is 5.57 Å². The van der Waals surface area contributed by atoms with Crippen molar-refractivity contribution in [3.8, 4) is 11.8 Å². The quantitative estimate of drug-likeness (QED) is 0.603. The maximum Gasteiger partial charge on any atom is 0.273 e. The highest BCUT2D eigenvalue weighted by Gasteiger charge is 2.24. The van der Waals surface area contributed by atoms with Gasteiger partial charge in [0, 0.05) is 18.0 Å². The molecule has 0 N–H and O–H groups in total. The molecule has 3 aromatic rings. The molecule has 4 rings (SSSR count). The smallest absolute Gasteiger partial charge is 0.273 e. The van der Waals surface area contributed by atoms with Crippen molar-refractivity contribution >= 4 is 40.2 Å². The van der Waals surface area contributed by atoms with Crippen molar-refractivity contribution in [1.29, 1.82) is 5.26 Å². The number of aromatic nitrogens is 1. The number of nitrogens with zero attached hydrogens (tertiary/aromatic N) is 3. The van der Waals surface area contributed by atoms with Gasteiger partial charge < -0.3 is 9.64 Å². The molecule has 9 heteroatoms. The number of thiazole rings is 1. The number of aryl methyl sites for hydroxylation is 1. The van der Waals surface area contributed by atoms with Crippen molar-refractivity contribution in [2.75, 3.05) is 26.3 Å². The Morgan fingerprint density at radius 1 is 1.23 bits per heavy atom. The van der Waals surface area contributed by atoms with Gasteiger partial charge in [0.1, 0.15) is 16.5 Å². The van der Waals surface area contributed by atoms with Crippen LogP contribution in [0.4, 0.5) is 4.39 Å². The summed E-state index contributed by atoms with van der Waals surface area (Å²) in [6.45, 7) is 3.50. The summed E-state index contributed by atoms with van der Waals surface area (Å²) in [5.74, 6) is -0.884. The lowest BCUT2D eigenvalue weighted by Crippen LogP contribution is -2.42. The molecule has 1 aliphatic heterocycles. The normalized spacial score (nSPS) is 15.6. The molecular weight excluding hydrogens is 437 g/mol. The summed E-state index contributed by atoms with van der Waals surface area (Å²) in [4.78, 5) is 28.9. The van der Waals surface area contributed by atoms with Crippen molar-refractivity contribution < 1.29 is 13.9 Å². The molecule has 1 aromatic carbocycles. The second kappa shape index (κ2) is 8.98. The Bertz CT molecular complexity index is 1340. The lowest BCUT2D eigenvalue weighted by Gasteiger charge is -2.26. The van der Waals surface area contributed by atoms with Gasteiger partial charge in [-0.15, -0.1) is 22.7 Å². The van der Waals surface area contributed by atoms with Gasteiger partial charge >= 0.3 is 0 Å². The predicted molar refractivity (Wildman–Crippen MR) is 118 cm³/mol. The van der Waals surface area contributed by atoms with Crippen molar-refractivity contribution in [3.63, 3.8) is 0 Å². The van der Waals surface area contributed by atoms with Crippen LogP contribution in [0, 0.1) is 24.1 Å². The van der Waals surface area contributed by atoms with Crippen LogP contribution in [0.3, 0.4) is 0 Å². The summed E-state index contributed by atoms with van der Waals surface area (Å²) in [6, 6.07) is 9.36. The SMILES string of the molecule is Cc1ccsc1/C=c1\s/c(=C(/C#N)C(=O)N2CCOCC2)n(-c2ccc(F)cc2)c1=O. The van der Waals surface area contributed by atoms with Gasteiger partial charge in [-0.3, -0.25) is 14.2 Å². The number of rotatable bonds is 3. The van der Waals surface area contributed by atoms with E-state index < -0.39 is 11.7 Å². The summed E-state index contributed by atoms with van der Waals surface area (Å²) in [5, 5.41) is 11.8. The number of carbonyl (C=O) groups is 1. The molecular formula is C22H18FN3O3S2. The molecule has 0 unspecified atom stereocenters. The fourth-order valence-corrected chi connectivity index (χ4v) is 5.25. The molecule has 6 nitrogen and oxygen atoms in total. The average molecular weight is 456 g/mol. The number of amides is 1. The van der Waals surface area contributed by atoms with E-state index in [1.807, 2.05) is 24.4 Å². The topological polar surface area (TPSA) is 75.3 Å². The average Bonchev–Trinajstić information content (AvgIpc) is 3.33. The molecule has 1 aliphatic rings. The minimum Gasteiger partial charge on any atom is -0.378 e. The monoisotopic (exact) mass is 455 g/mol. The standard InChI is InChI=1S/C22H18FN3O3S2/c1-14-6-11-30-18(14)12-19-21(28)26(16-4-2-15(23)3-5-16)22(31-19)17(13-24)20(27)25-7-9-29-10-8-25/h2-6,11-12H,7-10H2,1H3/b19-12-,22-17-. The fraction of sp³-hybridized carbons (Fsp3) is 0.227. The second-order valence-electron chi connectivity index (χ2n) is 6.89. The molecule has 2 aromatic heterocycles. The number of hydrogen-bond donors (Lipinski definition) is 0. The molecule has 1 fully saturated rings. The Morgan fingerprint density at radius 2 is 1.94 bits per heavy atom. The van der Waals surface area contributed by atoms with E-state index in [9.17, 15) is 19.2 Å². The van der Waals surface area contributed by atoms with Crippen molar-refractivity contribution in [2.24, 2.45) is 0 Å². The van der Waals surface area contributed by atoms with Crippen LogP contribution in [0.5, 0.6) is 0 Å². The van der Waals surface area contributed by atoms with Crippen molar-refractivity contribution in [1.82, 2.24) is 9.47 Å². The van der Waals surface area contributed by atoms with E-state index in [4.69, 9.17) is 4.74 Å². The zero-order valence-corrected chi connectivity index (χ0v) is 18.3. The number of morpholine rings is 1. The first-order valence-corrected chi connectivity index (χ1v) is 11.2. The Kier molecular flexibility index (Phi) is 6.13. The molecule has 0 saturated carbocycles. The first-order valence-electron chi connectivity index (χ1n) is 9.54. The zero-order valence-electron chi connectivity index (χ0n) is 16.6. The number of nitriles is 1. The largest absolute Gasteiger partial charge is 0.378 e. The lowest BCUT2D eigenvalue weighted by molar-refractivity contribution is -0.128. The highest BCUT2D eigenvalue weighted by molar-refractivity contribution is 7.11. The van der Waals surface area contributed by atoms with Crippen molar-refractivity contribution in [2.45, 2.75) is 6.92 Å². The highest BCUT2D eigenvalue weighted by Crippen LogP contribution is 2.16. The molecule has 0 radical (unpaired) electrons. The van der Waals surface area contributed by atoms with Gasteiger partial charge in [0.2, 0.25) is 0 Å². The molecule has 0 bridgehead atoms. The molecule has 31 heavy (non-hydrogen) atoms. The Morgan fingerprint density at radius 3 is 2.55 bits per heavy atom. The van der Waals surface area contributed by atoms with Gasteiger partial charge in [-0.2, -0.15) is 5.26 Å². The van der Waals surface area contributed by atoms with Gasteiger partial charge in [-0.05, 0) is 54.3 Å². The molecule has 0 atom stereocenters. The fourth-order valence-electron chi connectivity index (χ4n) is 3.24. The summed E-state index contributed by atoms with van der Waals surface area (Å²) in [5.41, 5.74) is 0.946. The minimum atomic E-state index is -0.443. The molecule has 158 valence electrons. The zero-order chi connectivity index (χ0) is 22.0. The Hall–Kier alpha value is -3.06. The third-order valence-electron chi connectivity index (χ3n) is 4.91. The third-order valence-corrected chi connectivity index (χ3v) is 6.97. The Labute approximate surface area is 185 Å². The number of thiophene rings is 1. The van der Waals surface area contributed by atoms with Crippen LogP contribution in [0.15, 0.2) is 40.5 Å². The number of ether oxygens (including phenoxy) is 1. The number of hydrogen-bond acceptors (Lipinski definition) is 6. The first-order chi connectivity index (χ1) is 15.0. The van der Waals surface area contributed by atoms with E-state index in [0.29, 0.717) is 36.5 Å². The predicted octanol–water partition coefficient (Wildman–Crippen LogP) is 1.77. The van der Waals surface area contributed by atoms with E-state index in [-0.39, 0.29) is 15.8 Å². The van der Waals surface area contributed by atoms with Crippen LogP contribution in [0.25, 0.3) is 17.3 Å². The van der Waals surface area contributed by atoms with Crippen LogP contribution >= 0.6 is 22.7 Å². The van der Waals surface area contributed by atoms with E-state index in [1.54, 1.807) is 11.0 Å². The lowest BCUT2D eigenvalue weighted by atomic mass is 10.2. The van der Waals surface area contributed by atoms with Gasteiger partial charge in [0.05, 0.1) is 23.4 Å². The summed E-state index contributed by atoms with van der Waals surface area (Å²) >= 11 is 2.59. The van der Waals surface area contributed by atoms with Crippen LogP contribution in [-0.4, -0.2) is 41.7 Å². The van der Waals surface area contributed by atoms with Crippen LogP contribution in [-0.2, 0) is 9.53 Å². The number of benzene rings is 1. The maximum atomic E-state index is 13.5. The van der Waals surface area contributed by atoms with Crippen LogP contribution in [0.1, 0.15) is 10.4 Å². The molecule has 3 heterocycles. The summed E-state index contributed by atoms with van der Waals surface area (Å²) < 4.78 is 20.7. The van der Waals surface area contributed by atoms with Gasteiger partial charge in [-0.1, -0.05) is 0 Å². The van der Waals surface area contributed by atoms with E-state index in [1.165, 1.54) is 40.2 Å². The summed E-state index contributed by atoms with van der Waals surface area (Å²) in [7, 11) is 0. The number of halogens is 1. The minimum absolute atomic E-state index is 0.115. The maximum absolute atomic E-state index is 13.5. The third kappa shape index (κ3) is 4.23. The molecule has 1 amide bonds. The van der Waals surface area contributed by atoms with Crippen LogP contribution in [0.2, 0.25) is 0 Å². The van der Waals surface area contributed by atoms with E-state index in [0.717, 1.165) is 21.8 Å². The molecule has 0 spiro atoms.